The third kappa shape index (κ3) is 13.5. The normalized spacial score (nSPS) is 15.9. The van der Waals surface area contributed by atoms with Crippen molar-refractivity contribution in [2.45, 2.75) is 0 Å². The highest BCUT2D eigenvalue weighted by molar-refractivity contribution is 8.46. The Morgan fingerprint density at radius 1 is 0.283 bits per heavy atom. The predicted octanol–water partition coefficient (Wildman–Crippen LogP) is 15.7. The van der Waals surface area contributed by atoms with Gasteiger partial charge in [-0.15, -0.1) is 0 Å². The van der Waals surface area contributed by atoms with Gasteiger partial charge < -0.3 is 42.0 Å². The summed E-state index contributed by atoms with van der Waals surface area (Å²) in [6, 6.07) is 90.9. The Kier molecular flexibility index (Phi) is 18.7. The fourth-order valence-electron chi connectivity index (χ4n) is 16.2. The number of hydrogen-bond donors (Lipinski definition) is 0. The monoisotopic (exact) mass is 1470 g/mol. The molecule has 0 amide bonds. The Morgan fingerprint density at radius 3 is 1.35 bits per heavy atom. The van der Waals surface area contributed by atoms with Gasteiger partial charge in [-0.25, -0.2) is 24.9 Å². The molecule has 0 aliphatic carbocycles. The number of aromatic nitrogens is 6. The fraction of sp³-hybridized carbons (Fsp3) is 0. The van der Waals surface area contributed by atoms with Crippen molar-refractivity contribution in [3.05, 3.63) is 407 Å². The van der Waals surface area contributed by atoms with Crippen molar-refractivity contribution in [2.24, 2.45) is 0 Å². The van der Waals surface area contributed by atoms with Crippen LogP contribution in [0.4, 0.5) is 0 Å². The zero-order valence-electron chi connectivity index (χ0n) is 61.5. The van der Waals surface area contributed by atoms with Crippen LogP contribution in [0.2, 0.25) is 0 Å². The van der Waals surface area contributed by atoms with E-state index in [1.807, 2.05) is 127 Å². The summed E-state index contributed by atoms with van der Waals surface area (Å²) in [5.41, 5.74) is 16.5. The first kappa shape index (κ1) is 69.1. The van der Waals surface area contributed by atoms with Crippen LogP contribution >= 0.6 is 11.5 Å². The van der Waals surface area contributed by atoms with Crippen LogP contribution in [0.1, 0.15) is 0 Å². The van der Waals surface area contributed by atoms with E-state index in [0.29, 0.717) is 23.6 Å². The summed E-state index contributed by atoms with van der Waals surface area (Å²) in [5, 5.41) is 3.58. The molecular weight excluding hydrogens is 1400 g/mol. The SMILES string of the molecule is C1=CB2OB(c3ccc(-c4nc(-c5ccccc5)nc5ccccc45)cc3)N3C=CC=CB3N2C=C1.C1=CB2OB3C=CC=CN3B(c3ccc(-c4ccc5c6ccccc6n(-c6ccccc6)c5c4)cc3)N2C=C1.C1=CB2SB(c3ccc(-c4nc(-c5ccccc5)nc(-c5ccccc5)n4)cc3)N3C=CC=CB3N2C=C1. The van der Waals surface area contributed by atoms with E-state index < -0.39 is 0 Å². The van der Waals surface area contributed by atoms with Gasteiger partial charge >= 0.3 is 61.4 Å². The zero-order chi connectivity index (χ0) is 75.0. The summed E-state index contributed by atoms with van der Waals surface area (Å²) in [7, 11) is -0.459. The third-order valence-electron chi connectivity index (χ3n) is 21.7. The first-order chi connectivity index (χ1) is 56.0. The first-order valence-corrected chi connectivity index (χ1v) is 39.3. The molecule has 0 atom stereocenters. The van der Waals surface area contributed by atoms with Crippen molar-refractivity contribution in [3.8, 4) is 73.6 Å². The maximum atomic E-state index is 6.54. The summed E-state index contributed by atoms with van der Waals surface area (Å²) >= 11 is 1.94. The van der Waals surface area contributed by atoms with Crippen molar-refractivity contribution in [2.75, 3.05) is 0 Å². The van der Waals surface area contributed by atoms with Gasteiger partial charge in [0.25, 0.3) is 0 Å². The van der Waals surface area contributed by atoms with Crippen molar-refractivity contribution >= 4 is 122 Å². The van der Waals surface area contributed by atoms with E-state index >= 15 is 0 Å². The Bertz CT molecular complexity index is 6050. The molecule has 14 nitrogen and oxygen atoms in total. The van der Waals surface area contributed by atoms with Gasteiger partial charge in [0.15, 0.2) is 23.3 Å². The summed E-state index contributed by atoms with van der Waals surface area (Å²) in [6.45, 7) is 0.356. The second-order valence-corrected chi connectivity index (χ2v) is 29.7. The lowest BCUT2D eigenvalue weighted by atomic mass is 9.47. The number of rotatable bonds is 10. The molecule has 0 saturated carbocycles. The molecule has 3 fully saturated rings. The molecule has 9 aliphatic rings. The molecule has 113 heavy (non-hydrogen) atoms. The third-order valence-corrected chi connectivity index (χ3v) is 23.1. The van der Waals surface area contributed by atoms with Gasteiger partial charge in [0.1, 0.15) is 0 Å². The van der Waals surface area contributed by atoms with Crippen LogP contribution in [-0.4, -0.2) is 119 Å². The highest BCUT2D eigenvalue weighted by Gasteiger charge is 2.50. The lowest BCUT2D eigenvalue weighted by Gasteiger charge is -2.47. The standard InChI is InChI=1S/C32H24B3N3O.C29H22B3N5S.C28H21B3N4O/c1-2-10-28(11-3-1)38-31-13-5-4-12-29(31)30-19-16-26(24-32(30)38)25-14-17-27(18-15-25)35-36-22-8-6-20-33(36)39-34-21-7-9-23-37(34)35;1-3-11-23(12-4-1)27-33-28(24-13-5-2-6-14-24)35-29(34-27)25-15-17-26(18-16-25)32-37-22-9-7-19-30(37)36-21-10-8-20-31(36)38-32;1-2-10-23(11-3-1)28-32-26-13-5-4-12-25(26)27(33-28)22-14-16-24(17-15-22)31-35-21-8-6-18-29(35)34-20-9-7-19-30(34)36-31/h1-24H;1-22H;1-21H. The number of fused-ring (bicyclic) bond motifs is 12. The summed E-state index contributed by atoms with van der Waals surface area (Å²) in [5.74, 6) is 15.8. The zero-order valence-corrected chi connectivity index (χ0v) is 62.3. The molecule has 0 spiro atoms. The molecule has 0 unspecified atom stereocenters. The molecule has 0 radical (unpaired) electrons. The van der Waals surface area contributed by atoms with Gasteiger partial charge in [-0.1, -0.05) is 303 Å². The molecule has 22 rings (SSSR count). The number of nitrogens with zero attached hydrogens (tertiary/aromatic N) is 12. The Balaban J connectivity index is 0.000000110. The average Bonchev–Trinajstić information content (AvgIpc) is 1.70. The highest BCUT2D eigenvalue weighted by atomic mass is 32.2. The van der Waals surface area contributed by atoms with E-state index in [1.165, 1.54) is 49.5 Å². The van der Waals surface area contributed by atoms with E-state index in [-0.39, 0.29) is 55.3 Å². The van der Waals surface area contributed by atoms with Gasteiger partial charge in [0.05, 0.1) is 22.2 Å². The van der Waals surface area contributed by atoms with Gasteiger partial charge in [0, 0.05) is 49.7 Å². The van der Waals surface area contributed by atoms with Gasteiger partial charge in [-0.05, 0) is 132 Å². The lowest BCUT2D eigenvalue weighted by molar-refractivity contribution is 0.474. The second kappa shape index (κ2) is 30.6. The molecule has 13 aromatic rings. The fourth-order valence-corrected chi connectivity index (χ4v) is 17.7. The first-order valence-electron chi connectivity index (χ1n) is 38.3. The van der Waals surface area contributed by atoms with Crippen LogP contribution in [0.25, 0.3) is 106 Å². The molecule has 24 heteroatoms. The molecular formula is C89H67B9N12O2S. The smallest absolute Gasteiger partial charge is 0.426 e. The minimum Gasteiger partial charge on any atom is -0.456 e. The van der Waals surface area contributed by atoms with Crippen molar-refractivity contribution in [3.63, 3.8) is 0 Å². The van der Waals surface area contributed by atoms with E-state index in [2.05, 4.69) is 324 Å². The highest BCUT2D eigenvalue weighted by Crippen LogP contribution is 2.38. The van der Waals surface area contributed by atoms with Crippen LogP contribution < -0.4 is 16.4 Å². The number of benzene rings is 10. The Hall–Kier alpha value is -13.1. The minimum atomic E-state index is -0.190. The van der Waals surface area contributed by atoms with Crippen molar-refractivity contribution in [1.82, 2.24) is 57.8 Å². The summed E-state index contributed by atoms with van der Waals surface area (Å²) < 4.78 is 29.1. The minimum absolute atomic E-state index is 0.0493. The van der Waals surface area contributed by atoms with Gasteiger partial charge in [0.2, 0.25) is 0 Å². The lowest BCUT2D eigenvalue weighted by Crippen LogP contribution is -2.71. The number of allylic oxidation sites excluding steroid dienone is 12. The van der Waals surface area contributed by atoms with E-state index in [1.54, 1.807) is 0 Å². The molecule has 528 valence electrons. The van der Waals surface area contributed by atoms with Crippen LogP contribution in [0.15, 0.2) is 407 Å². The molecule has 0 bridgehead atoms. The number of para-hydroxylation sites is 3. The van der Waals surface area contributed by atoms with Crippen LogP contribution in [-0.2, 0) is 9.14 Å². The predicted molar refractivity (Wildman–Crippen MR) is 474 cm³/mol. The Labute approximate surface area is 664 Å². The molecule has 0 N–H and O–H groups in total. The molecule has 12 heterocycles. The van der Waals surface area contributed by atoms with E-state index in [9.17, 15) is 0 Å². The van der Waals surface area contributed by atoms with Crippen molar-refractivity contribution in [1.29, 1.82) is 0 Å². The topological polar surface area (TPSA) is 107 Å². The van der Waals surface area contributed by atoms with Gasteiger partial charge in [-0.3, -0.25) is 0 Å². The van der Waals surface area contributed by atoms with Crippen LogP contribution in [0.5, 0.6) is 0 Å². The molecule has 10 aromatic carbocycles. The molecule has 3 saturated heterocycles. The Morgan fingerprint density at radius 2 is 0.726 bits per heavy atom. The van der Waals surface area contributed by atoms with E-state index in [4.69, 9.17) is 34.1 Å². The maximum absolute atomic E-state index is 6.54. The van der Waals surface area contributed by atoms with Crippen LogP contribution in [0, 0.1) is 0 Å². The van der Waals surface area contributed by atoms with E-state index in [0.717, 1.165) is 55.7 Å². The average molecular weight is 1470 g/mol. The number of hydrogen-bond acceptors (Lipinski definition) is 14. The van der Waals surface area contributed by atoms with Gasteiger partial charge in [-0.2, -0.15) is 11.5 Å². The summed E-state index contributed by atoms with van der Waals surface area (Å²) in [4.78, 5) is 24.4. The van der Waals surface area contributed by atoms with Crippen LogP contribution in [0.3, 0.4) is 0 Å². The van der Waals surface area contributed by atoms with Crippen molar-refractivity contribution < 1.29 is 9.14 Å². The molecule has 3 aromatic heterocycles. The second-order valence-electron chi connectivity index (χ2n) is 28.5. The summed E-state index contributed by atoms with van der Waals surface area (Å²) in [6.07, 6.45) is 38.4. The largest absolute Gasteiger partial charge is 0.456 e. The quantitative estimate of drug-likeness (QED) is 0.121. The maximum Gasteiger partial charge on any atom is 0.426 e. The molecule has 9 aliphatic heterocycles.